The van der Waals surface area contributed by atoms with Crippen LogP contribution in [-0.4, -0.2) is 19.6 Å². The van der Waals surface area contributed by atoms with E-state index in [0.717, 1.165) is 0 Å². The number of carbonyl (C=O) groups is 1. The van der Waals surface area contributed by atoms with Crippen molar-refractivity contribution in [1.29, 1.82) is 0 Å². The molecule has 0 rings (SSSR count). The van der Waals surface area contributed by atoms with Gasteiger partial charge in [-0.3, -0.25) is 4.79 Å². The van der Waals surface area contributed by atoms with Crippen LogP contribution < -0.4 is 0 Å². The van der Waals surface area contributed by atoms with Gasteiger partial charge in [-0.25, -0.2) is 0 Å². The molecule has 2 nitrogen and oxygen atoms in total. The van der Waals surface area contributed by atoms with E-state index in [1.165, 1.54) is 0 Å². The summed E-state index contributed by atoms with van der Waals surface area (Å²) in [5, 5.41) is 0. The van der Waals surface area contributed by atoms with Gasteiger partial charge in [0.15, 0.2) is 0 Å². The molecule has 0 aromatic heterocycles. The van der Waals surface area contributed by atoms with Gasteiger partial charge in [-0.05, 0) is 27.7 Å². The molecule has 1 atom stereocenters. The molecule has 0 N–H and O–H groups in total. The second-order valence-corrected chi connectivity index (χ2v) is 11.3. The summed E-state index contributed by atoms with van der Waals surface area (Å²) in [5.74, 6) is -0.0835. The molecule has 0 bridgehead atoms. The number of carbonyl (C=O) groups excluding carboxylic acids is 1. The first kappa shape index (κ1) is 14.4. The van der Waals surface area contributed by atoms with Crippen molar-refractivity contribution >= 4 is 14.0 Å². The van der Waals surface area contributed by atoms with E-state index in [-0.39, 0.29) is 11.5 Å². The van der Waals surface area contributed by atoms with E-state index >= 15 is 0 Å². The van der Waals surface area contributed by atoms with Gasteiger partial charge < -0.3 is 4.74 Å². The third kappa shape index (κ3) is 5.77. The van der Waals surface area contributed by atoms with Crippen molar-refractivity contribution in [2.75, 3.05) is 0 Å². The van der Waals surface area contributed by atoms with Gasteiger partial charge in [0, 0.05) is 0 Å². The Labute approximate surface area is 94.7 Å². The van der Waals surface area contributed by atoms with E-state index in [2.05, 4.69) is 19.6 Å². The minimum atomic E-state index is -1.53. The standard InChI is InChI=1S/C12H24O2Si/c1-8-9-10(15(5,6)7)11(13)14-12(2,3)4/h8-10H,1-7H3. The predicted octanol–water partition coefficient (Wildman–Crippen LogP) is 3.61. The number of allylic oxidation sites excluding steroid dienone is 1. The first-order valence-electron chi connectivity index (χ1n) is 5.43. The van der Waals surface area contributed by atoms with Crippen LogP contribution >= 0.6 is 0 Å². The zero-order valence-electron chi connectivity index (χ0n) is 11.0. The van der Waals surface area contributed by atoms with Crippen LogP contribution in [0.15, 0.2) is 12.2 Å². The van der Waals surface area contributed by atoms with Crippen molar-refractivity contribution in [2.45, 2.75) is 58.5 Å². The molecule has 0 aliphatic heterocycles. The SMILES string of the molecule is CC=CC(C(=O)OC(C)(C)C)[Si](C)(C)C. The third-order valence-electron chi connectivity index (χ3n) is 1.98. The second kappa shape index (κ2) is 4.97. The molecule has 0 fully saturated rings. The van der Waals surface area contributed by atoms with Crippen LogP contribution in [0.5, 0.6) is 0 Å². The molecule has 3 heteroatoms. The van der Waals surface area contributed by atoms with E-state index in [1.807, 2.05) is 39.8 Å². The second-order valence-electron chi connectivity index (χ2n) is 5.90. The van der Waals surface area contributed by atoms with Crippen LogP contribution in [0.25, 0.3) is 0 Å². The summed E-state index contributed by atoms with van der Waals surface area (Å²) in [4.78, 5) is 12.0. The van der Waals surface area contributed by atoms with Crippen molar-refractivity contribution in [1.82, 2.24) is 0 Å². The summed E-state index contributed by atoms with van der Waals surface area (Å²) in [7, 11) is -1.53. The lowest BCUT2D eigenvalue weighted by Gasteiger charge is -2.28. The van der Waals surface area contributed by atoms with Gasteiger partial charge in [-0.1, -0.05) is 31.8 Å². The highest BCUT2D eigenvalue weighted by Crippen LogP contribution is 2.26. The van der Waals surface area contributed by atoms with Crippen molar-refractivity contribution in [2.24, 2.45) is 0 Å². The lowest BCUT2D eigenvalue weighted by atomic mass is 10.2. The third-order valence-corrected chi connectivity index (χ3v) is 4.27. The van der Waals surface area contributed by atoms with E-state index < -0.39 is 13.7 Å². The van der Waals surface area contributed by atoms with E-state index in [1.54, 1.807) is 0 Å². The summed E-state index contributed by atoms with van der Waals surface area (Å²) in [6, 6.07) is 0. The fraction of sp³-hybridized carbons (Fsp3) is 0.750. The van der Waals surface area contributed by atoms with Crippen LogP contribution in [0.1, 0.15) is 27.7 Å². The molecule has 0 heterocycles. The summed E-state index contributed by atoms with van der Waals surface area (Å²) >= 11 is 0. The number of hydrogen-bond donors (Lipinski definition) is 0. The Morgan fingerprint density at radius 1 is 1.27 bits per heavy atom. The summed E-state index contributed by atoms with van der Waals surface area (Å²) < 4.78 is 5.42. The van der Waals surface area contributed by atoms with Gasteiger partial charge in [-0.15, -0.1) is 0 Å². The molecule has 88 valence electrons. The smallest absolute Gasteiger partial charge is 0.310 e. The van der Waals surface area contributed by atoms with Crippen LogP contribution in [-0.2, 0) is 9.53 Å². The Balaban J connectivity index is 4.74. The average Bonchev–Trinajstić information content (AvgIpc) is 1.93. The highest BCUT2D eigenvalue weighted by Gasteiger charge is 2.33. The molecule has 0 aromatic carbocycles. The number of rotatable bonds is 3. The van der Waals surface area contributed by atoms with Gasteiger partial charge in [0.2, 0.25) is 0 Å². The van der Waals surface area contributed by atoms with Crippen LogP contribution in [0.3, 0.4) is 0 Å². The molecule has 0 spiro atoms. The molecule has 0 aliphatic carbocycles. The van der Waals surface area contributed by atoms with E-state index in [0.29, 0.717) is 0 Å². The maximum absolute atomic E-state index is 12.0. The fourth-order valence-electron chi connectivity index (χ4n) is 1.28. The Bertz CT molecular complexity index is 243. The lowest BCUT2D eigenvalue weighted by molar-refractivity contribution is -0.153. The first-order chi connectivity index (χ1) is 6.58. The molecule has 0 saturated carbocycles. The average molecular weight is 228 g/mol. The molecule has 0 saturated heterocycles. The quantitative estimate of drug-likeness (QED) is 0.419. The van der Waals surface area contributed by atoms with E-state index in [4.69, 9.17) is 4.74 Å². The Morgan fingerprint density at radius 2 is 1.73 bits per heavy atom. The topological polar surface area (TPSA) is 26.3 Å². The zero-order valence-corrected chi connectivity index (χ0v) is 12.0. The molecule has 0 radical (unpaired) electrons. The van der Waals surface area contributed by atoms with Crippen LogP contribution in [0.2, 0.25) is 25.2 Å². The van der Waals surface area contributed by atoms with Crippen molar-refractivity contribution in [3.63, 3.8) is 0 Å². The Hall–Kier alpha value is -0.573. The number of hydrogen-bond acceptors (Lipinski definition) is 2. The summed E-state index contributed by atoms with van der Waals surface area (Å²) in [6.07, 6.45) is 3.91. The zero-order chi connectivity index (χ0) is 12.3. The molecule has 0 amide bonds. The molecule has 15 heavy (non-hydrogen) atoms. The van der Waals surface area contributed by atoms with E-state index in [9.17, 15) is 4.79 Å². The maximum atomic E-state index is 12.0. The molecular formula is C12H24O2Si. The lowest BCUT2D eigenvalue weighted by Crippen LogP contribution is -2.37. The summed E-state index contributed by atoms with van der Waals surface area (Å²) in [6.45, 7) is 14.2. The molecule has 0 aliphatic rings. The minimum Gasteiger partial charge on any atom is -0.460 e. The van der Waals surface area contributed by atoms with Crippen molar-refractivity contribution in [3.05, 3.63) is 12.2 Å². The number of esters is 1. The van der Waals surface area contributed by atoms with Crippen LogP contribution in [0, 0.1) is 0 Å². The molecular weight excluding hydrogens is 204 g/mol. The van der Waals surface area contributed by atoms with Gasteiger partial charge in [-0.2, -0.15) is 0 Å². The fourth-order valence-corrected chi connectivity index (χ4v) is 2.81. The summed E-state index contributed by atoms with van der Waals surface area (Å²) in [5.41, 5.74) is -0.432. The number of ether oxygens (including phenoxy) is 1. The highest BCUT2D eigenvalue weighted by molar-refractivity contribution is 6.80. The van der Waals surface area contributed by atoms with Crippen LogP contribution in [0.4, 0.5) is 0 Å². The van der Waals surface area contributed by atoms with Gasteiger partial charge >= 0.3 is 5.97 Å². The van der Waals surface area contributed by atoms with Gasteiger partial charge in [0.25, 0.3) is 0 Å². The monoisotopic (exact) mass is 228 g/mol. The normalized spacial score (nSPS) is 15.4. The predicted molar refractivity (Wildman–Crippen MR) is 67.8 cm³/mol. The highest BCUT2D eigenvalue weighted by atomic mass is 28.3. The molecule has 0 aromatic rings. The Morgan fingerprint density at radius 3 is 2.00 bits per heavy atom. The van der Waals surface area contributed by atoms with Crippen molar-refractivity contribution < 1.29 is 9.53 Å². The first-order valence-corrected chi connectivity index (χ1v) is 9.01. The Kier molecular flexibility index (Phi) is 4.78. The minimum absolute atomic E-state index is 0.0401. The van der Waals surface area contributed by atoms with Gasteiger partial charge in [0.05, 0.1) is 13.6 Å². The molecule has 1 unspecified atom stereocenters. The maximum Gasteiger partial charge on any atom is 0.310 e. The largest absolute Gasteiger partial charge is 0.460 e. The van der Waals surface area contributed by atoms with Gasteiger partial charge in [0.1, 0.15) is 5.60 Å². The van der Waals surface area contributed by atoms with Crippen molar-refractivity contribution in [3.8, 4) is 0 Å².